The van der Waals surface area contributed by atoms with E-state index in [0.717, 1.165) is 40.5 Å². The van der Waals surface area contributed by atoms with Crippen LogP contribution in [-0.2, 0) is 0 Å². The van der Waals surface area contributed by atoms with Crippen molar-refractivity contribution in [2.45, 2.75) is 0 Å². The molecule has 0 atom stereocenters. The molecule has 24 heavy (non-hydrogen) atoms. The van der Waals surface area contributed by atoms with Crippen LogP contribution in [0.5, 0.6) is 0 Å². The average molecular weight is 406 g/mol. The average Bonchev–Trinajstić information content (AvgIpc) is 3.05. The maximum atomic E-state index is 12.4. The zero-order chi connectivity index (χ0) is 15.8. The van der Waals surface area contributed by atoms with Gasteiger partial charge in [-0.05, 0) is 30.3 Å². The summed E-state index contributed by atoms with van der Waals surface area (Å²) in [4.78, 5) is 23.1. The highest BCUT2D eigenvalue weighted by Gasteiger charge is 2.29. The van der Waals surface area contributed by atoms with E-state index in [2.05, 4.69) is 31.2 Å². The van der Waals surface area contributed by atoms with Gasteiger partial charge in [0, 0.05) is 40.6 Å². The van der Waals surface area contributed by atoms with Gasteiger partial charge in [-0.3, -0.25) is 14.8 Å². The first-order valence-corrected chi connectivity index (χ1v) is 8.07. The molecule has 122 valence electrons. The topological polar surface area (TPSA) is 57.6 Å². The molecule has 0 unspecified atom stereocenters. The fourth-order valence-corrected chi connectivity index (χ4v) is 3.12. The minimum atomic E-state index is -0.0784. The Morgan fingerprint density at radius 3 is 3.00 bits per heavy atom. The summed E-state index contributed by atoms with van der Waals surface area (Å²) in [5.74, 6) is 1.59. The Morgan fingerprint density at radius 1 is 1.33 bits per heavy atom. The normalized spacial score (nSPS) is 16.6. The molecule has 2 aliphatic rings. The molecule has 0 saturated heterocycles. The number of amidine groups is 1. The number of carbonyl (C=O) groups excluding carboxylic acids is 1. The molecule has 3 heterocycles. The second kappa shape index (κ2) is 6.75. The number of rotatable bonds is 2. The fourth-order valence-electron chi connectivity index (χ4n) is 2.76. The molecule has 0 aliphatic carbocycles. The number of fused-ring (bicyclic) bond motifs is 3. The van der Waals surface area contributed by atoms with Crippen LogP contribution in [0.3, 0.4) is 0 Å². The van der Waals surface area contributed by atoms with Crippen LogP contribution in [0.4, 0.5) is 5.69 Å². The predicted octanol–water partition coefficient (Wildman–Crippen LogP) is 3.48. The Bertz CT molecular complexity index is 851. The molecule has 0 radical (unpaired) electrons. The molecule has 0 saturated carbocycles. The van der Waals surface area contributed by atoms with Crippen LogP contribution < -0.4 is 5.32 Å². The number of nitrogens with one attached hydrogen (secondary N) is 1. The standard InChI is InChI=1S/C17H13BrN4O.ClH/c18-12-3-4-13-14(8-12)21-16(22-7-6-20-17(13)22)9-15(23)11-2-1-5-19-10-11;/h1-5,8-10,21H,6-7H2;1H. The summed E-state index contributed by atoms with van der Waals surface area (Å²) < 4.78 is 0.980. The SMILES string of the molecule is Cl.O=C(C=C1Nc2cc(Br)ccc2C2=NCCN12)c1cccnc1. The van der Waals surface area contributed by atoms with E-state index in [4.69, 9.17) is 0 Å². The third-order valence-electron chi connectivity index (χ3n) is 3.83. The summed E-state index contributed by atoms with van der Waals surface area (Å²) >= 11 is 3.48. The Kier molecular flexibility index (Phi) is 4.69. The largest absolute Gasteiger partial charge is 0.341 e. The first kappa shape index (κ1) is 16.7. The van der Waals surface area contributed by atoms with Gasteiger partial charge in [-0.1, -0.05) is 15.9 Å². The van der Waals surface area contributed by atoms with Crippen molar-refractivity contribution in [2.24, 2.45) is 4.99 Å². The van der Waals surface area contributed by atoms with Crippen molar-refractivity contribution in [3.63, 3.8) is 0 Å². The number of carbonyl (C=O) groups is 1. The number of nitrogens with zero attached hydrogens (tertiary/aromatic N) is 3. The second-order valence-corrected chi connectivity index (χ2v) is 6.22. The van der Waals surface area contributed by atoms with E-state index in [0.29, 0.717) is 5.56 Å². The number of allylic oxidation sites excluding steroid dienone is 1. The quantitative estimate of drug-likeness (QED) is 0.614. The molecule has 1 aromatic carbocycles. The van der Waals surface area contributed by atoms with Gasteiger partial charge in [-0.2, -0.15) is 0 Å². The summed E-state index contributed by atoms with van der Waals surface area (Å²) in [6.07, 6.45) is 4.84. The van der Waals surface area contributed by atoms with Gasteiger partial charge >= 0.3 is 0 Å². The van der Waals surface area contributed by atoms with Crippen molar-refractivity contribution in [2.75, 3.05) is 18.4 Å². The van der Waals surface area contributed by atoms with Crippen molar-refractivity contribution in [1.82, 2.24) is 9.88 Å². The molecule has 2 aromatic rings. The van der Waals surface area contributed by atoms with Crippen LogP contribution in [0.2, 0.25) is 0 Å². The number of halogens is 2. The number of ketones is 1. The Labute approximate surface area is 154 Å². The lowest BCUT2D eigenvalue weighted by Gasteiger charge is -2.31. The molecular weight excluding hydrogens is 392 g/mol. The van der Waals surface area contributed by atoms with Crippen LogP contribution in [0.1, 0.15) is 15.9 Å². The van der Waals surface area contributed by atoms with E-state index in [1.54, 1.807) is 30.6 Å². The summed E-state index contributed by atoms with van der Waals surface area (Å²) in [6.45, 7) is 1.49. The van der Waals surface area contributed by atoms with Gasteiger partial charge in [0.2, 0.25) is 0 Å². The van der Waals surface area contributed by atoms with Gasteiger partial charge in [0.15, 0.2) is 5.78 Å². The zero-order valence-electron chi connectivity index (χ0n) is 12.6. The zero-order valence-corrected chi connectivity index (χ0v) is 15.0. The minimum absolute atomic E-state index is 0. The highest BCUT2D eigenvalue weighted by atomic mass is 79.9. The number of aromatic nitrogens is 1. The van der Waals surface area contributed by atoms with Crippen molar-refractivity contribution < 1.29 is 4.79 Å². The summed E-state index contributed by atoms with van der Waals surface area (Å²) in [7, 11) is 0. The van der Waals surface area contributed by atoms with Gasteiger partial charge in [0.1, 0.15) is 11.7 Å². The molecule has 0 amide bonds. The third-order valence-corrected chi connectivity index (χ3v) is 4.32. The lowest BCUT2D eigenvalue weighted by Crippen LogP contribution is -2.36. The number of anilines is 1. The Morgan fingerprint density at radius 2 is 2.21 bits per heavy atom. The van der Waals surface area contributed by atoms with Crippen LogP contribution in [0.25, 0.3) is 0 Å². The molecule has 5 nitrogen and oxygen atoms in total. The third kappa shape index (κ3) is 2.95. The van der Waals surface area contributed by atoms with Gasteiger partial charge in [-0.15, -0.1) is 12.4 Å². The first-order chi connectivity index (χ1) is 11.2. The molecule has 4 rings (SSSR count). The van der Waals surface area contributed by atoms with E-state index in [9.17, 15) is 4.79 Å². The van der Waals surface area contributed by atoms with Crippen LogP contribution >= 0.6 is 28.3 Å². The lowest BCUT2D eigenvalue weighted by atomic mass is 10.1. The van der Waals surface area contributed by atoms with Gasteiger partial charge in [0.05, 0.1) is 12.2 Å². The van der Waals surface area contributed by atoms with Crippen LogP contribution in [-0.4, -0.2) is 34.6 Å². The lowest BCUT2D eigenvalue weighted by molar-refractivity contribution is 0.104. The smallest absolute Gasteiger partial charge is 0.191 e. The summed E-state index contributed by atoms with van der Waals surface area (Å²) in [6, 6.07) is 9.54. The monoisotopic (exact) mass is 404 g/mol. The Balaban J connectivity index is 0.00000169. The number of hydrogen-bond acceptors (Lipinski definition) is 5. The summed E-state index contributed by atoms with van der Waals surface area (Å²) in [5.41, 5.74) is 2.57. The number of aliphatic imine (C=N–C) groups is 1. The molecule has 2 aliphatic heterocycles. The molecule has 1 aromatic heterocycles. The maximum Gasteiger partial charge on any atom is 0.191 e. The van der Waals surface area contributed by atoms with E-state index >= 15 is 0 Å². The summed E-state index contributed by atoms with van der Waals surface area (Å²) in [5, 5.41) is 3.34. The number of hydrogen-bond donors (Lipinski definition) is 1. The van der Waals surface area contributed by atoms with Crippen molar-refractivity contribution >= 4 is 45.6 Å². The first-order valence-electron chi connectivity index (χ1n) is 7.27. The van der Waals surface area contributed by atoms with Gasteiger partial charge < -0.3 is 10.2 Å². The van der Waals surface area contributed by atoms with E-state index in [-0.39, 0.29) is 18.2 Å². The van der Waals surface area contributed by atoms with Crippen molar-refractivity contribution in [1.29, 1.82) is 0 Å². The molecule has 0 spiro atoms. The molecular formula is C17H14BrClN4O. The van der Waals surface area contributed by atoms with Gasteiger partial charge in [-0.25, -0.2) is 0 Å². The highest BCUT2D eigenvalue weighted by molar-refractivity contribution is 9.10. The van der Waals surface area contributed by atoms with E-state index in [1.807, 2.05) is 23.1 Å². The fraction of sp³-hybridized carbons (Fsp3) is 0.118. The molecule has 1 N–H and O–H groups in total. The number of benzene rings is 1. The highest BCUT2D eigenvalue weighted by Crippen LogP contribution is 2.32. The molecule has 0 bridgehead atoms. The Hall–Kier alpha value is -2.18. The minimum Gasteiger partial charge on any atom is -0.341 e. The molecule has 7 heteroatoms. The van der Waals surface area contributed by atoms with Gasteiger partial charge in [0.25, 0.3) is 0 Å². The maximum absolute atomic E-state index is 12.4. The van der Waals surface area contributed by atoms with Crippen LogP contribution in [0.15, 0.2) is 64.1 Å². The van der Waals surface area contributed by atoms with E-state index in [1.165, 1.54) is 0 Å². The second-order valence-electron chi connectivity index (χ2n) is 5.31. The predicted molar refractivity (Wildman–Crippen MR) is 99.8 cm³/mol. The van der Waals surface area contributed by atoms with E-state index < -0.39 is 0 Å². The van der Waals surface area contributed by atoms with Crippen molar-refractivity contribution in [3.8, 4) is 0 Å². The van der Waals surface area contributed by atoms with Crippen LogP contribution in [0, 0.1) is 0 Å². The van der Waals surface area contributed by atoms with Crippen molar-refractivity contribution in [3.05, 3.63) is 70.2 Å². The molecule has 0 fully saturated rings. The number of pyridine rings is 1.